The van der Waals surface area contributed by atoms with Crippen LogP contribution in [0.15, 0.2) is 65.3 Å². The van der Waals surface area contributed by atoms with Crippen molar-refractivity contribution in [2.75, 3.05) is 0 Å². The molecule has 2 aliphatic rings. The van der Waals surface area contributed by atoms with Crippen LogP contribution in [0.4, 0.5) is 0 Å². The summed E-state index contributed by atoms with van der Waals surface area (Å²) in [6.45, 7) is 1.97. The number of hydrogen-bond donors (Lipinski definition) is 1. The first kappa shape index (κ1) is 15.6. The molecule has 1 heterocycles. The Morgan fingerprint density at radius 1 is 1.16 bits per heavy atom. The highest BCUT2D eigenvalue weighted by Gasteiger charge is 2.43. The summed E-state index contributed by atoms with van der Waals surface area (Å²) in [4.78, 5) is 12.2. The SMILES string of the molecule is CC1Oc2ccccc2C=C1/C=N/NC(=O)[C@@H]1C[C@H]1c1ccccc1. The van der Waals surface area contributed by atoms with E-state index in [2.05, 4.69) is 22.7 Å². The number of hydrazone groups is 1. The van der Waals surface area contributed by atoms with Crippen molar-refractivity contribution in [1.82, 2.24) is 5.43 Å². The first-order valence-electron chi connectivity index (χ1n) is 8.57. The van der Waals surface area contributed by atoms with Crippen LogP contribution in [0.1, 0.15) is 30.4 Å². The molecule has 1 fully saturated rings. The highest BCUT2D eigenvalue weighted by Crippen LogP contribution is 2.47. The second-order valence-corrected chi connectivity index (χ2v) is 6.54. The van der Waals surface area contributed by atoms with Crippen LogP contribution < -0.4 is 10.2 Å². The number of carbonyl (C=O) groups is 1. The summed E-state index contributed by atoms with van der Waals surface area (Å²) in [6.07, 6.45) is 4.52. The van der Waals surface area contributed by atoms with Gasteiger partial charge in [0.1, 0.15) is 11.9 Å². The van der Waals surface area contributed by atoms with Crippen molar-refractivity contribution in [2.24, 2.45) is 11.0 Å². The Balaban J connectivity index is 1.37. The normalized spacial score (nSPS) is 24.2. The van der Waals surface area contributed by atoms with E-state index >= 15 is 0 Å². The molecule has 4 heteroatoms. The van der Waals surface area contributed by atoms with Crippen LogP contribution in [-0.4, -0.2) is 18.2 Å². The summed E-state index contributed by atoms with van der Waals surface area (Å²) in [7, 11) is 0. The molecule has 0 saturated heterocycles. The Labute approximate surface area is 147 Å². The van der Waals surface area contributed by atoms with E-state index < -0.39 is 0 Å². The fourth-order valence-electron chi connectivity index (χ4n) is 3.21. The lowest BCUT2D eigenvalue weighted by atomic mass is 10.0. The Morgan fingerprint density at radius 3 is 2.76 bits per heavy atom. The summed E-state index contributed by atoms with van der Waals surface area (Å²) in [6, 6.07) is 18.0. The summed E-state index contributed by atoms with van der Waals surface area (Å²) in [5.41, 5.74) is 5.86. The van der Waals surface area contributed by atoms with E-state index in [4.69, 9.17) is 4.74 Å². The third-order valence-corrected chi connectivity index (χ3v) is 4.76. The van der Waals surface area contributed by atoms with Gasteiger partial charge in [-0.05, 0) is 37.0 Å². The highest BCUT2D eigenvalue weighted by molar-refractivity contribution is 5.90. The molecule has 1 saturated carbocycles. The monoisotopic (exact) mass is 332 g/mol. The summed E-state index contributed by atoms with van der Waals surface area (Å²) >= 11 is 0. The van der Waals surface area contributed by atoms with Gasteiger partial charge >= 0.3 is 0 Å². The fourth-order valence-corrected chi connectivity index (χ4v) is 3.21. The molecule has 1 amide bonds. The summed E-state index contributed by atoms with van der Waals surface area (Å²) in [5.74, 6) is 1.20. The number of carbonyl (C=O) groups excluding carboxylic acids is 1. The van der Waals surface area contributed by atoms with Gasteiger partial charge < -0.3 is 4.74 Å². The molecule has 1 N–H and O–H groups in total. The molecule has 3 atom stereocenters. The third kappa shape index (κ3) is 3.33. The van der Waals surface area contributed by atoms with E-state index in [1.54, 1.807) is 6.21 Å². The number of hydrogen-bond acceptors (Lipinski definition) is 3. The van der Waals surface area contributed by atoms with Crippen molar-refractivity contribution in [3.8, 4) is 5.75 Å². The van der Waals surface area contributed by atoms with Gasteiger partial charge in [-0.2, -0.15) is 5.10 Å². The maximum absolute atomic E-state index is 12.2. The van der Waals surface area contributed by atoms with Crippen LogP contribution in [-0.2, 0) is 4.79 Å². The van der Waals surface area contributed by atoms with Crippen LogP contribution in [0.5, 0.6) is 5.75 Å². The average Bonchev–Trinajstić information content (AvgIpc) is 3.44. The topological polar surface area (TPSA) is 50.7 Å². The van der Waals surface area contributed by atoms with E-state index in [0.29, 0.717) is 5.92 Å². The van der Waals surface area contributed by atoms with Crippen LogP contribution in [0.3, 0.4) is 0 Å². The van der Waals surface area contributed by atoms with Gasteiger partial charge in [-0.15, -0.1) is 0 Å². The molecule has 1 aliphatic carbocycles. The Hall–Kier alpha value is -2.88. The largest absolute Gasteiger partial charge is 0.485 e. The molecule has 2 aromatic carbocycles. The van der Waals surface area contributed by atoms with Gasteiger partial charge in [0.2, 0.25) is 5.91 Å². The average molecular weight is 332 g/mol. The van der Waals surface area contributed by atoms with E-state index in [9.17, 15) is 4.79 Å². The van der Waals surface area contributed by atoms with Gasteiger partial charge in [0.15, 0.2) is 0 Å². The summed E-state index contributed by atoms with van der Waals surface area (Å²) in [5, 5.41) is 4.13. The predicted octanol–water partition coefficient (Wildman–Crippen LogP) is 3.76. The maximum atomic E-state index is 12.2. The first-order valence-corrected chi connectivity index (χ1v) is 8.57. The minimum atomic E-state index is -0.0893. The first-order chi connectivity index (χ1) is 12.2. The molecule has 1 aliphatic heterocycles. The molecule has 126 valence electrons. The van der Waals surface area contributed by atoms with Gasteiger partial charge in [-0.1, -0.05) is 48.5 Å². The lowest BCUT2D eigenvalue weighted by Crippen LogP contribution is -2.23. The van der Waals surface area contributed by atoms with Crippen LogP contribution >= 0.6 is 0 Å². The lowest BCUT2D eigenvalue weighted by Gasteiger charge is -2.22. The number of benzene rings is 2. The Bertz CT molecular complexity index is 842. The van der Waals surface area contributed by atoms with E-state index in [1.807, 2.05) is 55.5 Å². The number of amides is 1. The Morgan fingerprint density at radius 2 is 1.92 bits per heavy atom. The molecular weight excluding hydrogens is 312 g/mol. The van der Waals surface area contributed by atoms with Gasteiger partial charge in [-0.25, -0.2) is 5.43 Å². The molecule has 4 rings (SSSR count). The molecule has 2 aromatic rings. The van der Waals surface area contributed by atoms with Crippen molar-refractivity contribution >= 4 is 18.2 Å². The van der Waals surface area contributed by atoms with E-state index in [1.165, 1.54) is 5.56 Å². The highest BCUT2D eigenvalue weighted by atomic mass is 16.5. The number of nitrogens with one attached hydrogen (secondary N) is 1. The van der Waals surface area contributed by atoms with E-state index in [0.717, 1.165) is 23.3 Å². The molecule has 4 nitrogen and oxygen atoms in total. The zero-order valence-electron chi connectivity index (χ0n) is 14.1. The van der Waals surface area contributed by atoms with Crippen molar-refractivity contribution in [3.05, 3.63) is 71.3 Å². The summed E-state index contributed by atoms with van der Waals surface area (Å²) < 4.78 is 5.86. The number of rotatable bonds is 4. The molecule has 0 radical (unpaired) electrons. The molecular formula is C21H20N2O2. The third-order valence-electron chi connectivity index (χ3n) is 4.76. The van der Waals surface area contributed by atoms with Gasteiger partial charge in [0.05, 0.1) is 6.21 Å². The lowest BCUT2D eigenvalue weighted by molar-refractivity contribution is -0.122. The smallest absolute Gasteiger partial charge is 0.243 e. The molecule has 25 heavy (non-hydrogen) atoms. The molecule has 0 spiro atoms. The molecule has 0 aromatic heterocycles. The van der Waals surface area contributed by atoms with E-state index in [-0.39, 0.29) is 17.9 Å². The van der Waals surface area contributed by atoms with Crippen molar-refractivity contribution < 1.29 is 9.53 Å². The number of nitrogens with zero attached hydrogens (tertiary/aromatic N) is 1. The second-order valence-electron chi connectivity index (χ2n) is 6.54. The quantitative estimate of drug-likeness (QED) is 0.685. The van der Waals surface area contributed by atoms with Crippen LogP contribution in [0, 0.1) is 5.92 Å². The van der Waals surface area contributed by atoms with Gasteiger partial charge in [-0.3, -0.25) is 4.79 Å². The number of para-hydroxylation sites is 1. The van der Waals surface area contributed by atoms with Crippen LogP contribution in [0.25, 0.3) is 6.08 Å². The predicted molar refractivity (Wildman–Crippen MR) is 98.4 cm³/mol. The maximum Gasteiger partial charge on any atom is 0.243 e. The minimum Gasteiger partial charge on any atom is -0.485 e. The number of fused-ring (bicyclic) bond motifs is 1. The standard InChI is InChI=1S/C21H20N2O2/c1-14-17(11-16-9-5-6-10-20(16)25-14)13-22-23-21(24)19-12-18(19)15-7-3-2-4-8-15/h2-11,13-14,18-19H,12H2,1H3,(H,23,24)/b22-13+/t14?,18-,19+/m0/s1. The van der Waals surface area contributed by atoms with Crippen molar-refractivity contribution in [3.63, 3.8) is 0 Å². The molecule has 1 unspecified atom stereocenters. The number of ether oxygens (including phenoxy) is 1. The van der Waals surface area contributed by atoms with Crippen molar-refractivity contribution in [2.45, 2.75) is 25.4 Å². The van der Waals surface area contributed by atoms with Crippen LogP contribution in [0.2, 0.25) is 0 Å². The molecule has 0 bridgehead atoms. The zero-order valence-corrected chi connectivity index (χ0v) is 14.1. The van der Waals surface area contributed by atoms with Crippen molar-refractivity contribution in [1.29, 1.82) is 0 Å². The van der Waals surface area contributed by atoms with Gasteiger partial charge in [0, 0.05) is 17.1 Å². The zero-order chi connectivity index (χ0) is 17.2. The Kier molecular flexibility index (Phi) is 4.10. The second kappa shape index (κ2) is 6.55. The minimum absolute atomic E-state index is 0.0181. The van der Waals surface area contributed by atoms with Gasteiger partial charge in [0.25, 0.3) is 0 Å². The fraction of sp³-hybridized carbons (Fsp3) is 0.238.